The highest BCUT2D eigenvalue weighted by Crippen LogP contribution is 2.21. The third-order valence-electron chi connectivity index (χ3n) is 4.31. The highest BCUT2D eigenvalue weighted by Gasteiger charge is 2.14. The Balaban J connectivity index is 2.16. The molecule has 0 spiro atoms. The third-order valence-corrected chi connectivity index (χ3v) is 4.31. The van der Waals surface area contributed by atoms with E-state index in [1.807, 2.05) is 0 Å². The Morgan fingerprint density at radius 1 is 0.875 bits per heavy atom. The zero-order valence-corrected chi connectivity index (χ0v) is 11.7. The quantitative estimate of drug-likeness (QED) is 0.650. The molecule has 0 amide bonds. The van der Waals surface area contributed by atoms with E-state index in [4.69, 9.17) is 0 Å². The van der Waals surface area contributed by atoms with Crippen molar-refractivity contribution in [2.45, 2.75) is 65.7 Å². The van der Waals surface area contributed by atoms with E-state index in [9.17, 15) is 0 Å². The Morgan fingerprint density at radius 3 is 2.00 bits per heavy atom. The second-order valence-electron chi connectivity index (χ2n) is 5.79. The standard InChI is InChI=1S/C15H31N/c1-4-9-14(2)15(3)10-13-16-11-7-5-6-8-12-16/h14-15H,4-13H2,1-3H3. The van der Waals surface area contributed by atoms with Crippen molar-refractivity contribution in [3.05, 3.63) is 0 Å². The molecule has 1 nitrogen and oxygen atoms in total. The van der Waals surface area contributed by atoms with Gasteiger partial charge in [-0.1, -0.05) is 46.5 Å². The maximum atomic E-state index is 2.70. The van der Waals surface area contributed by atoms with Gasteiger partial charge in [0.05, 0.1) is 0 Å². The highest BCUT2D eigenvalue weighted by molar-refractivity contribution is 4.67. The van der Waals surface area contributed by atoms with Gasteiger partial charge in [-0.25, -0.2) is 0 Å². The van der Waals surface area contributed by atoms with E-state index in [0.717, 1.165) is 11.8 Å². The third kappa shape index (κ3) is 5.34. The Bertz CT molecular complexity index is 159. The summed E-state index contributed by atoms with van der Waals surface area (Å²) in [6.07, 6.45) is 9.92. The molecule has 1 aliphatic rings. The normalized spacial score (nSPS) is 22.7. The van der Waals surface area contributed by atoms with Gasteiger partial charge in [0.2, 0.25) is 0 Å². The summed E-state index contributed by atoms with van der Waals surface area (Å²) in [4.78, 5) is 2.70. The van der Waals surface area contributed by atoms with Crippen molar-refractivity contribution in [2.24, 2.45) is 11.8 Å². The minimum Gasteiger partial charge on any atom is -0.303 e. The number of rotatable bonds is 6. The summed E-state index contributed by atoms with van der Waals surface area (Å²) >= 11 is 0. The molecule has 0 aromatic heterocycles. The molecule has 1 fully saturated rings. The summed E-state index contributed by atoms with van der Waals surface area (Å²) in [5.74, 6) is 1.82. The van der Waals surface area contributed by atoms with Gasteiger partial charge in [0.1, 0.15) is 0 Å². The highest BCUT2D eigenvalue weighted by atomic mass is 15.1. The lowest BCUT2D eigenvalue weighted by atomic mass is 9.89. The summed E-state index contributed by atoms with van der Waals surface area (Å²) in [6, 6.07) is 0. The van der Waals surface area contributed by atoms with E-state index in [-0.39, 0.29) is 0 Å². The summed E-state index contributed by atoms with van der Waals surface area (Å²) in [5.41, 5.74) is 0. The van der Waals surface area contributed by atoms with Crippen LogP contribution in [0.4, 0.5) is 0 Å². The molecule has 0 N–H and O–H groups in total. The van der Waals surface area contributed by atoms with Gasteiger partial charge in [0.15, 0.2) is 0 Å². The van der Waals surface area contributed by atoms with Gasteiger partial charge in [-0.3, -0.25) is 0 Å². The lowest BCUT2D eigenvalue weighted by Gasteiger charge is -2.24. The van der Waals surface area contributed by atoms with E-state index in [2.05, 4.69) is 25.7 Å². The molecule has 1 aliphatic heterocycles. The van der Waals surface area contributed by atoms with Crippen molar-refractivity contribution < 1.29 is 0 Å². The molecule has 16 heavy (non-hydrogen) atoms. The van der Waals surface area contributed by atoms with Gasteiger partial charge in [-0.15, -0.1) is 0 Å². The smallest absolute Gasteiger partial charge is 0.00161 e. The topological polar surface area (TPSA) is 3.24 Å². The lowest BCUT2D eigenvalue weighted by Crippen LogP contribution is -2.27. The SMILES string of the molecule is CCCC(C)C(C)CCN1CCCCCC1. The summed E-state index contributed by atoms with van der Waals surface area (Å²) in [6.45, 7) is 11.2. The molecule has 1 rings (SSSR count). The van der Waals surface area contributed by atoms with E-state index >= 15 is 0 Å². The van der Waals surface area contributed by atoms with Crippen LogP contribution in [0.5, 0.6) is 0 Å². The number of hydrogen-bond acceptors (Lipinski definition) is 1. The minimum atomic E-state index is 0.906. The number of hydrogen-bond donors (Lipinski definition) is 0. The van der Waals surface area contributed by atoms with Gasteiger partial charge in [0, 0.05) is 0 Å². The average Bonchev–Trinajstić information content (AvgIpc) is 2.54. The van der Waals surface area contributed by atoms with E-state index in [0.29, 0.717) is 0 Å². The van der Waals surface area contributed by atoms with Crippen molar-refractivity contribution >= 4 is 0 Å². The average molecular weight is 225 g/mol. The van der Waals surface area contributed by atoms with Gasteiger partial charge in [0.25, 0.3) is 0 Å². The van der Waals surface area contributed by atoms with Crippen molar-refractivity contribution in [3.8, 4) is 0 Å². The van der Waals surface area contributed by atoms with Crippen LogP contribution in [0.15, 0.2) is 0 Å². The fourth-order valence-electron chi connectivity index (χ4n) is 2.77. The molecule has 2 unspecified atom stereocenters. The molecule has 1 saturated heterocycles. The first-order valence-corrected chi connectivity index (χ1v) is 7.46. The zero-order valence-electron chi connectivity index (χ0n) is 11.7. The molecule has 0 saturated carbocycles. The molecular formula is C15H31N. The van der Waals surface area contributed by atoms with Crippen LogP contribution in [0.2, 0.25) is 0 Å². The molecule has 0 aliphatic carbocycles. The van der Waals surface area contributed by atoms with Crippen LogP contribution in [0.1, 0.15) is 65.7 Å². The van der Waals surface area contributed by atoms with Gasteiger partial charge in [-0.2, -0.15) is 0 Å². The van der Waals surface area contributed by atoms with Crippen LogP contribution in [0, 0.1) is 11.8 Å². The van der Waals surface area contributed by atoms with Crippen molar-refractivity contribution in [1.82, 2.24) is 4.90 Å². The number of nitrogens with zero attached hydrogens (tertiary/aromatic N) is 1. The van der Waals surface area contributed by atoms with Crippen LogP contribution in [0.25, 0.3) is 0 Å². The van der Waals surface area contributed by atoms with Crippen LogP contribution >= 0.6 is 0 Å². The minimum absolute atomic E-state index is 0.906. The molecule has 2 atom stereocenters. The predicted molar refractivity (Wildman–Crippen MR) is 72.8 cm³/mol. The van der Waals surface area contributed by atoms with Gasteiger partial charge < -0.3 is 4.90 Å². The lowest BCUT2D eigenvalue weighted by molar-refractivity contribution is 0.238. The summed E-state index contributed by atoms with van der Waals surface area (Å²) in [7, 11) is 0. The number of likely N-dealkylation sites (tertiary alicyclic amines) is 1. The predicted octanol–water partition coefficient (Wildman–Crippen LogP) is 4.32. The Kier molecular flexibility index (Phi) is 7.11. The molecule has 0 aromatic rings. The molecule has 96 valence electrons. The molecule has 0 bridgehead atoms. The van der Waals surface area contributed by atoms with Crippen molar-refractivity contribution in [3.63, 3.8) is 0 Å². The Hall–Kier alpha value is -0.0400. The zero-order chi connectivity index (χ0) is 11.8. The largest absolute Gasteiger partial charge is 0.303 e. The molecule has 1 heteroatoms. The van der Waals surface area contributed by atoms with Crippen LogP contribution in [0.3, 0.4) is 0 Å². The Morgan fingerprint density at radius 2 is 1.44 bits per heavy atom. The molecule has 0 aromatic carbocycles. The Labute approximate surface area is 103 Å². The molecular weight excluding hydrogens is 194 g/mol. The van der Waals surface area contributed by atoms with E-state index in [1.165, 1.54) is 64.6 Å². The first kappa shape index (κ1) is 14.0. The van der Waals surface area contributed by atoms with Crippen LogP contribution < -0.4 is 0 Å². The second-order valence-corrected chi connectivity index (χ2v) is 5.79. The molecule has 1 heterocycles. The maximum Gasteiger partial charge on any atom is -0.00161 e. The van der Waals surface area contributed by atoms with Crippen LogP contribution in [-0.2, 0) is 0 Å². The fraction of sp³-hybridized carbons (Fsp3) is 1.00. The van der Waals surface area contributed by atoms with Gasteiger partial charge >= 0.3 is 0 Å². The maximum absolute atomic E-state index is 2.70. The van der Waals surface area contributed by atoms with E-state index < -0.39 is 0 Å². The first-order chi connectivity index (χ1) is 7.74. The van der Waals surface area contributed by atoms with Gasteiger partial charge in [-0.05, 0) is 50.7 Å². The monoisotopic (exact) mass is 225 g/mol. The summed E-state index contributed by atoms with van der Waals surface area (Å²) in [5, 5.41) is 0. The van der Waals surface area contributed by atoms with Crippen LogP contribution in [-0.4, -0.2) is 24.5 Å². The first-order valence-electron chi connectivity index (χ1n) is 7.46. The van der Waals surface area contributed by atoms with E-state index in [1.54, 1.807) is 0 Å². The second kappa shape index (κ2) is 8.11. The van der Waals surface area contributed by atoms with Crippen molar-refractivity contribution in [2.75, 3.05) is 19.6 Å². The molecule has 0 radical (unpaired) electrons. The summed E-state index contributed by atoms with van der Waals surface area (Å²) < 4.78 is 0. The fourth-order valence-corrected chi connectivity index (χ4v) is 2.77. The van der Waals surface area contributed by atoms with Crippen molar-refractivity contribution in [1.29, 1.82) is 0 Å².